The number of carbonyl (C=O) groups is 2. The van der Waals surface area contributed by atoms with Gasteiger partial charge in [-0.15, -0.1) is 0 Å². The molecule has 3 heterocycles. The van der Waals surface area contributed by atoms with Crippen molar-refractivity contribution in [2.75, 3.05) is 26.2 Å². The Balaban J connectivity index is 1.32. The quantitative estimate of drug-likeness (QED) is 0.521. The molecule has 0 N–H and O–H groups in total. The maximum Gasteiger partial charge on any atom is 0.410 e. The van der Waals surface area contributed by atoms with Crippen molar-refractivity contribution >= 4 is 17.7 Å². The average Bonchev–Trinajstić information content (AvgIpc) is 3.24. The van der Waals surface area contributed by atoms with E-state index in [9.17, 15) is 19.7 Å². The Hall–Kier alpha value is -3.43. The summed E-state index contributed by atoms with van der Waals surface area (Å²) in [5, 5.41) is 15.2. The molecule has 0 saturated carbocycles. The van der Waals surface area contributed by atoms with Crippen LogP contribution in [-0.2, 0) is 16.1 Å². The van der Waals surface area contributed by atoms with Crippen molar-refractivity contribution in [3.05, 3.63) is 46.6 Å². The summed E-state index contributed by atoms with van der Waals surface area (Å²) >= 11 is 0. The first-order valence-electron chi connectivity index (χ1n) is 10.7. The Morgan fingerprint density at radius 1 is 1.22 bits per heavy atom. The van der Waals surface area contributed by atoms with Crippen molar-refractivity contribution in [1.82, 2.24) is 19.6 Å². The fourth-order valence-corrected chi connectivity index (χ4v) is 4.21. The number of likely N-dealkylation sites (tertiary alicyclic amines) is 1. The number of rotatable bonds is 5. The van der Waals surface area contributed by atoms with Crippen molar-refractivity contribution in [1.29, 1.82) is 0 Å². The number of non-ortho nitro benzene ring substituents is 1. The van der Waals surface area contributed by atoms with Gasteiger partial charge in [0.15, 0.2) is 0 Å². The number of hydrogen-bond donors (Lipinski definition) is 0. The van der Waals surface area contributed by atoms with Gasteiger partial charge >= 0.3 is 6.09 Å². The van der Waals surface area contributed by atoms with Crippen molar-refractivity contribution < 1.29 is 19.2 Å². The highest BCUT2D eigenvalue weighted by Crippen LogP contribution is 2.28. The minimum Gasteiger partial charge on any atom is -0.449 e. The molecule has 170 valence electrons. The summed E-state index contributed by atoms with van der Waals surface area (Å²) in [6, 6.07) is 8.02. The fraction of sp³-hybridized carbons (Fsp3) is 0.500. The number of carbonyl (C=O) groups excluding carboxylic acids is 2. The van der Waals surface area contributed by atoms with Gasteiger partial charge in [-0.1, -0.05) is 13.8 Å². The van der Waals surface area contributed by atoms with Gasteiger partial charge in [0, 0.05) is 55.0 Å². The van der Waals surface area contributed by atoms with Gasteiger partial charge in [-0.05, 0) is 31.0 Å². The minimum atomic E-state index is -0.445. The molecule has 2 fully saturated rings. The molecular weight excluding hydrogens is 414 g/mol. The molecule has 2 aromatic rings. The summed E-state index contributed by atoms with van der Waals surface area (Å²) in [6.45, 7) is 6.57. The number of amides is 2. The van der Waals surface area contributed by atoms with E-state index in [-0.39, 0.29) is 35.7 Å². The predicted octanol–water partition coefficient (Wildman–Crippen LogP) is 2.93. The maximum absolute atomic E-state index is 12.8. The monoisotopic (exact) mass is 441 g/mol. The standard InChI is InChI=1S/C22H27N5O5/c1-22(2)14-26(21(29)32-15-22)17-7-10-24(11-8-17)20(28)13-25-12-9-19(23-25)16-3-5-18(6-4-16)27(30)31/h3-6,9,12,17H,7-8,10-11,13-15H2,1-2H3. The smallest absolute Gasteiger partial charge is 0.410 e. The highest BCUT2D eigenvalue weighted by molar-refractivity contribution is 5.76. The molecule has 10 nitrogen and oxygen atoms in total. The summed E-state index contributed by atoms with van der Waals surface area (Å²) in [5.41, 5.74) is 1.35. The van der Waals surface area contributed by atoms with Crippen molar-refractivity contribution in [2.45, 2.75) is 39.3 Å². The molecule has 4 rings (SSSR count). The summed E-state index contributed by atoms with van der Waals surface area (Å²) in [5.74, 6) is -0.0247. The largest absolute Gasteiger partial charge is 0.449 e. The SMILES string of the molecule is CC1(C)COC(=O)N(C2CCN(C(=O)Cn3ccc(-c4ccc([N+](=O)[O-])cc4)n3)CC2)C1. The number of ether oxygens (including phenoxy) is 1. The lowest BCUT2D eigenvalue weighted by atomic mass is 9.91. The second-order valence-electron chi connectivity index (χ2n) is 9.16. The molecule has 0 unspecified atom stereocenters. The Morgan fingerprint density at radius 2 is 1.91 bits per heavy atom. The van der Waals surface area contributed by atoms with Gasteiger partial charge in [0.1, 0.15) is 6.54 Å². The van der Waals surface area contributed by atoms with Crippen molar-refractivity contribution in [2.24, 2.45) is 5.41 Å². The Bertz CT molecular complexity index is 1010. The number of cyclic esters (lactones) is 1. The Morgan fingerprint density at radius 3 is 2.56 bits per heavy atom. The van der Waals surface area contributed by atoms with Crippen LogP contribution in [0.3, 0.4) is 0 Å². The third kappa shape index (κ3) is 4.74. The van der Waals surface area contributed by atoms with Gasteiger partial charge in [0.2, 0.25) is 5.91 Å². The second kappa shape index (κ2) is 8.60. The van der Waals surface area contributed by atoms with Gasteiger partial charge in [-0.25, -0.2) is 4.79 Å². The molecule has 1 aromatic carbocycles. The van der Waals surface area contributed by atoms with Crippen LogP contribution in [-0.4, -0.2) is 68.8 Å². The third-order valence-corrected chi connectivity index (χ3v) is 5.99. The van der Waals surface area contributed by atoms with E-state index in [0.717, 1.165) is 18.4 Å². The zero-order valence-electron chi connectivity index (χ0n) is 18.3. The van der Waals surface area contributed by atoms with Crippen LogP contribution in [0.15, 0.2) is 36.5 Å². The van der Waals surface area contributed by atoms with Crippen LogP contribution in [0.4, 0.5) is 10.5 Å². The first-order chi connectivity index (χ1) is 15.2. The average molecular weight is 441 g/mol. The highest BCUT2D eigenvalue weighted by atomic mass is 16.6. The van der Waals surface area contributed by atoms with E-state index in [1.165, 1.54) is 12.1 Å². The number of nitrogens with zero attached hydrogens (tertiary/aromatic N) is 5. The van der Waals surface area contributed by atoms with E-state index in [1.54, 1.807) is 29.1 Å². The number of piperidine rings is 1. The zero-order valence-corrected chi connectivity index (χ0v) is 18.3. The van der Waals surface area contributed by atoms with Crippen molar-refractivity contribution in [3.8, 4) is 11.3 Å². The molecule has 0 spiro atoms. The molecule has 2 aliphatic rings. The van der Waals surface area contributed by atoms with E-state index >= 15 is 0 Å². The number of aromatic nitrogens is 2. The number of nitro benzene ring substituents is 1. The summed E-state index contributed by atoms with van der Waals surface area (Å²) in [6.07, 6.45) is 2.92. The summed E-state index contributed by atoms with van der Waals surface area (Å²) in [4.78, 5) is 38.9. The molecule has 0 bridgehead atoms. The molecule has 2 saturated heterocycles. The lowest BCUT2D eigenvalue weighted by Crippen LogP contribution is -2.55. The van der Waals surface area contributed by atoms with Gasteiger partial charge < -0.3 is 14.5 Å². The molecule has 1 aromatic heterocycles. The molecule has 0 atom stereocenters. The number of benzene rings is 1. The van der Waals surface area contributed by atoms with Crippen LogP contribution in [0, 0.1) is 15.5 Å². The lowest BCUT2D eigenvalue weighted by molar-refractivity contribution is -0.384. The van der Waals surface area contributed by atoms with Crippen LogP contribution < -0.4 is 0 Å². The summed E-state index contributed by atoms with van der Waals surface area (Å²) in [7, 11) is 0. The van der Waals surface area contributed by atoms with Crippen LogP contribution >= 0.6 is 0 Å². The van der Waals surface area contributed by atoms with Crippen LogP contribution in [0.5, 0.6) is 0 Å². The van der Waals surface area contributed by atoms with E-state index in [1.807, 2.05) is 9.80 Å². The molecule has 2 amide bonds. The lowest BCUT2D eigenvalue weighted by Gasteiger charge is -2.44. The zero-order chi connectivity index (χ0) is 22.9. The van der Waals surface area contributed by atoms with Crippen LogP contribution in [0.1, 0.15) is 26.7 Å². The van der Waals surface area contributed by atoms with Gasteiger partial charge in [0.25, 0.3) is 5.69 Å². The van der Waals surface area contributed by atoms with Gasteiger partial charge in [0.05, 0.1) is 17.2 Å². The molecule has 10 heteroatoms. The molecule has 2 aliphatic heterocycles. The molecular formula is C22H27N5O5. The molecule has 0 aliphatic carbocycles. The molecule has 32 heavy (non-hydrogen) atoms. The maximum atomic E-state index is 12.8. The van der Waals surface area contributed by atoms with E-state index < -0.39 is 4.92 Å². The van der Waals surface area contributed by atoms with E-state index in [2.05, 4.69) is 18.9 Å². The minimum absolute atomic E-state index is 0.0214. The number of nitro groups is 1. The van der Waals surface area contributed by atoms with Crippen molar-refractivity contribution in [3.63, 3.8) is 0 Å². The Labute approximate surface area is 185 Å². The van der Waals surface area contributed by atoms with E-state index in [0.29, 0.717) is 31.9 Å². The normalized spacial score (nSPS) is 19.0. The van der Waals surface area contributed by atoms with Crippen LogP contribution in [0.2, 0.25) is 0 Å². The van der Waals surface area contributed by atoms with Crippen LogP contribution in [0.25, 0.3) is 11.3 Å². The van der Waals surface area contributed by atoms with E-state index in [4.69, 9.17) is 4.74 Å². The van der Waals surface area contributed by atoms with Gasteiger partial charge in [-0.3, -0.25) is 19.6 Å². The third-order valence-electron chi connectivity index (χ3n) is 5.99. The number of hydrogen-bond acceptors (Lipinski definition) is 6. The predicted molar refractivity (Wildman–Crippen MR) is 116 cm³/mol. The highest BCUT2D eigenvalue weighted by Gasteiger charge is 2.38. The first kappa shape index (κ1) is 21.8. The topological polar surface area (TPSA) is 111 Å². The second-order valence-corrected chi connectivity index (χ2v) is 9.16. The first-order valence-corrected chi connectivity index (χ1v) is 10.7. The Kier molecular flexibility index (Phi) is 5.86. The van der Waals surface area contributed by atoms with Gasteiger partial charge in [-0.2, -0.15) is 5.10 Å². The molecule has 0 radical (unpaired) electrons. The summed E-state index contributed by atoms with van der Waals surface area (Å²) < 4.78 is 6.91. The fourth-order valence-electron chi connectivity index (χ4n) is 4.21.